The van der Waals surface area contributed by atoms with Gasteiger partial charge in [0.1, 0.15) is 6.54 Å². The molecule has 0 bridgehead atoms. The van der Waals surface area contributed by atoms with Crippen LogP contribution < -0.4 is 14.8 Å². The first-order valence-corrected chi connectivity index (χ1v) is 9.33. The van der Waals surface area contributed by atoms with Gasteiger partial charge in [-0.15, -0.1) is 0 Å². The lowest BCUT2D eigenvalue weighted by molar-refractivity contribution is -0.129. The Morgan fingerprint density at radius 3 is 2.44 bits per heavy atom. The molecule has 0 saturated carbocycles. The second-order valence-electron chi connectivity index (χ2n) is 6.53. The van der Waals surface area contributed by atoms with Gasteiger partial charge in [-0.3, -0.25) is 19.3 Å². The Morgan fingerprint density at radius 1 is 1.22 bits per heavy atom. The third-order valence-corrected chi connectivity index (χ3v) is 4.85. The fraction of sp³-hybridized carbons (Fsp3) is 0.421. The Hall–Kier alpha value is -2.48. The smallest absolute Gasteiger partial charge is 0.294 e. The summed E-state index contributed by atoms with van der Waals surface area (Å²) in [5, 5.41) is 2.25. The van der Waals surface area contributed by atoms with Crippen molar-refractivity contribution >= 4 is 34.9 Å². The Balaban J connectivity index is 2.20. The number of carbonyl (C=O) groups is 3. The van der Waals surface area contributed by atoms with Crippen LogP contribution in [0.25, 0.3) is 6.08 Å². The number of benzene rings is 1. The summed E-state index contributed by atoms with van der Waals surface area (Å²) in [5.41, 5.74) is 1.61. The van der Waals surface area contributed by atoms with Crippen molar-refractivity contribution in [3.63, 3.8) is 0 Å². The first kappa shape index (κ1) is 20.8. The number of carbonyl (C=O) groups excluding carboxylic acids is 3. The number of nitrogens with zero attached hydrogens (tertiary/aromatic N) is 1. The lowest BCUT2D eigenvalue weighted by Gasteiger charge is -2.13. The van der Waals surface area contributed by atoms with Crippen LogP contribution in [0.2, 0.25) is 0 Å². The molecule has 1 aromatic carbocycles. The molecule has 0 spiro atoms. The number of hydrogen-bond donors (Lipinski definition) is 1. The number of imide groups is 1. The number of rotatable bonds is 7. The molecule has 2 rings (SSSR count). The molecule has 0 atom stereocenters. The molecule has 1 fully saturated rings. The number of amides is 3. The third kappa shape index (κ3) is 5.03. The summed E-state index contributed by atoms with van der Waals surface area (Å²) < 4.78 is 10.5. The van der Waals surface area contributed by atoms with E-state index >= 15 is 0 Å². The van der Waals surface area contributed by atoms with E-state index in [1.165, 1.54) is 7.11 Å². The van der Waals surface area contributed by atoms with Gasteiger partial charge in [0.15, 0.2) is 11.5 Å². The van der Waals surface area contributed by atoms with E-state index in [2.05, 4.69) is 5.32 Å². The van der Waals surface area contributed by atoms with Gasteiger partial charge >= 0.3 is 0 Å². The van der Waals surface area contributed by atoms with E-state index in [0.717, 1.165) is 27.8 Å². The lowest BCUT2D eigenvalue weighted by atomic mass is 10.1. The molecule has 1 N–H and O–H groups in total. The molecule has 0 radical (unpaired) electrons. The number of thioether (sulfide) groups is 1. The zero-order valence-electron chi connectivity index (χ0n) is 16.1. The number of methoxy groups -OCH3 is 2. The molecule has 0 aliphatic carbocycles. The summed E-state index contributed by atoms with van der Waals surface area (Å²) in [4.78, 5) is 37.9. The summed E-state index contributed by atoms with van der Waals surface area (Å²) in [7, 11) is 3.08. The number of hydrogen-bond acceptors (Lipinski definition) is 6. The van der Waals surface area contributed by atoms with Gasteiger partial charge in [0.25, 0.3) is 11.1 Å². The van der Waals surface area contributed by atoms with Crippen LogP contribution in [0.15, 0.2) is 17.0 Å². The monoisotopic (exact) mass is 392 g/mol. The Labute approximate surface area is 163 Å². The Bertz CT molecular complexity index is 789. The zero-order valence-corrected chi connectivity index (χ0v) is 16.9. The number of ether oxygens (including phenoxy) is 2. The highest BCUT2D eigenvalue weighted by molar-refractivity contribution is 8.18. The minimum Gasteiger partial charge on any atom is -0.493 e. The van der Waals surface area contributed by atoms with E-state index < -0.39 is 11.1 Å². The summed E-state index contributed by atoms with van der Waals surface area (Å²) in [6, 6.07) is 3.55. The van der Waals surface area contributed by atoms with E-state index in [1.54, 1.807) is 25.3 Å². The van der Waals surface area contributed by atoms with Crippen molar-refractivity contribution in [3.8, 4) is 11.5 Å². The van der Waals surface area contributed by atoms with Crippen molar-refractivity contribution in [1.82, 2.24) is 10.2 Å². The Morgan fingerprint density at radius 2 is 1.85 bits per heavy atom. The molecule has 146 valence electrons. The van der Waals surface area contributed by atoms with Crippen molar-refractivity contribution in [2.45, 2.75) is 20.8 Å². The average molecular weight is 392 g/mol. The minimum absolute atomic E-state index is 0.270. The third-order valence-electron chi connectivity index (χ3n) is 3.94. The first-order valence-electron chi connectivity index (χ1n) is 8.51. The van der Waals surface area contributed by atoms with Crippen molar-refractivity contribution in [1.29, 1.82) is 0 Å². The molecular formula is C19H24N2O5S. The molecule has 1 aliphatic heterocycles. The molecule has 3 amide bonds. The van der Waals surface area contributed by atoms with Crippen LogP contribution in [0, 0.1) is 12.8 Å². The maximum absolute atomic E-state index is 12.6. The van der Waals surface area contributed by atoms with Crippen molar-refractivity contribution in [2.75, 3.05) is 27.3 Å². The zero-order chi connectivity index (χ0) is 20.1. The number of aryl methyl sites for hydroxylation is 1. The molecule has 1 heterocycles. The quantitative estimate of drug-likeness (QED) is 0.718. The van der Waals surface area contributed by atoms with Gasteiger partial charge < -0.3 is 14.8 Å². The van der Waals surface area contributed by atoms with Crippen LogP contribution in [0.5, 0.6) is 11.5 Å². The summed E-state index contributed by atoms with van der Waals surface area (Å²) >= 11 is 0.822. The van der Waals surface area contributed by atoms with Crippen LogP contribution in [-0.2, 0) is 9.59 Å². The molecule has 1 saturated heterocycles. The first-order chi connectivity index (χ1) is 12.8. The second kappa shape index (κ2) is 8.94. The molecule has 1 aliphatic rings. The number of nitrogens with one attached hydrogen (secondary N) is 1. The standard InChI is InChI=1S/C19H24N2O5S/c1-11(2)9-20-17(22)10-21-18(23)16(27-19(21)24)8-13-7-15(26-5)14(25-4)6-12(13)3/h6-8,11H,9-10H2,1-5H3,(H,20,22)/b16-8-. The highest BCUT2D eigenvalue weighted by atomic mass is 32.2. The predicted octanol–water partition coefficient (Wildman–Crippen LogP) is 2.82. The van der Waals surface area contributed by atoms with Crippen LogP contribution in [0.1, 0.15) is 25.0 Å². The summed E-state index contributed by atoms with van der Waals surface area (Å²) in [5.74, 6) is 0.578. The van der Waals surface area contributed by atoms with Crippen LogP contribution in [0.4, 0.5) is 4.79 Å². The maximum atomic E-state index is 12.6. The van der Waals surface area contributed by atoms with E-state index in [1.807, 2.05) is 20.8 Å². The van der Waals surface area contributed by atoms with Crippen LogP contribution in [-0.4, -0.2) is 49.3 Å². The Kier molecular flexibility index (Phi) is 6.90. The fourth-order valence-corrected chi connectivity index (χ4v) is 3.28. The van der Waals surface area contributed by atoms with E-state index in [9.17, 15) is 14.4 Å². The lowest BCUT2D eigenvalue weighted by Crippen LogP contribution is -2.40. The van der Waals surface area contributed by atoms with Crippen molar-refractivity contribution in [2.24, 2.45) is 5.92 Å². The van der Waals surface area contributed by atoms with Crippen LogP contribution in [0.3, 0.4) is 0 Å². The molecule has 0 aromatic heterocycles. The van der Waals surface area contributed by atoms with Gasteiger partial charge in [-0.2, -0.15) is 0 Å². The van der Waals surface area contributed by atoms with E-state index in [4.69, 9.17) is 9.47 Å². The largest absolute Gasteiger partial charge is 0.493 e. The molecule has 0 unspecified atom stereocenters. The molecule has 8 heteroatoms. The van der Waals surface area contributed by atoms with Gasteiger partial charge in [0.05, 0.1) is 19.1 Å². The van der Waals surface area contributed by atoms with Gasteiger partial charge in [0.2, 0.25) is 5.91 Å². The predicted molar refractivity (Wildman–Crippen MR) is 105 cm³/mol. The highest BCUT2D eigenvalue weighted by Crippen LogP contribution is 2.35. The minimum atomic E-state index is -0.473. The van der Waals surface area contributed by atoms with Gasteiger partial charge in [-0.25, -0.2) is 0 Å². The van der Waals surface area contributed by atoms with Gasteiger partial charge in [-0.05, 0) is 53.9 Å². The van der Waals surface area contributed by atoms with Crippen molar-refractivity contribution < 1.29 is 23.9 Å². The second-order valence-corrected chi connectivity index (χ2v) is 7.52. The summed E-state index contributed by atoms with van der Waals surface area (Å²) in [6.07, 6.45) is 1.63. The highest BCUT2D eigenvalue weighted by Gasteiger charge is 2.36. The van der Waals surface area contributed by atoms with E-state index in [0.29, 0.717) is 18.0 Å². The van der Waals surface area contributed by atoms with Gasteiger partial charge in [-0.1, -0.05) is 13.8 Å². The maximum Gasteiger partial charge on any atom is 0.294 e. The van der Waals surface area contributed by atoms with Crippen molar-refractivity contribution in [3.05, 3.63) is 28.2 Å². The topological polar surface area (TPSA) is 84.9 Å². The molecule has 27 heavy (non-hydrogen) atoms. The van der Waals surface area contributed by atoms with E-state index in [-0.39, 0.29) is 23.3 Å². The fourth-order valence-electron chi connectivity index (χ4n) is 2.45. The average Bonchev–Trinajstić information content (AvgIpc) is 2.88. The summed E-state index contributed by atoms with van der Waals surface area (Å²) in [6.45, 7) is 6.02. The van der Waals surface area contributed by atoms with Crippen LogP contribution >= 0.6 is 11.8 Å². The molecular weight excluding hydrogens is 368 g/mol. The SMILES string of the molecule is COc1cc(C)c(/C=C2\SC(=O)N(CC(=O)NCC(C)C)C2=O)cc1OC. The molecule has 1 aromatic rings. The van der Waals surface area contributed by atoms with Gasteiger partial charge in [0, 0.05) is 6.54 Å². The molecule has 7 nitrogen and oxygen atoms in total. The normalized spacial score (nSPS) is 15.6.